The van der Waals surface area contributed by atoms with E-state index < -0.39 is 0 Å². The highest BCUT2D eigenvalue weighted by Crippen LogP contribution is 2.54. The van der Waals surface area contributed by atoms with Gasteiger partial charge in [-0.05, 0) is 125 Å². The summed E-state index contributed by atoms with van der Waals surface area (Å²) >= 11 is 0. The fourth-order valence-electron chi connectivity index (χ4n) is 9.98. The number of para-hydroxylation sites is 1. The highest BCUT2D eigenvalue weighted by Gasteiger charge is 2.37. The van der Waals surface area contributed by atoms with Gasteiger partial charge in [0.05, 0.1) is 0 Å². The third-order valence-corrected chi connectivity index (χ3v) is 12.8. The average Bonchev–Trinajstić information content (AvgIpc) is 3.75. The number of fused-ring (bicyclic) bond motifs is 11. The van der Waals surface area contributed by atoms with Crippen molar-refractivity contribution >= 4 is 65.9 Å². The van der Waals surface area contributed by atoms with E-state index in [9.17, 15) is 0 Å². The van der Waals surface area contributed by atoms with Crippen molar-refractivity contribution in [3.05, 3.63) is 192 Å². The fourth-order valence-corrected chi connectivity index (χ4v) is 9.98. The lowest BCUT2D eigenvalue weighted by Gasteiger charge is -2.22. The zero-order valence-electron chi connectivity index (χ0n) is 32.8. The van der Waals surface area contributed by atoms with Crippen molar-refractivity contribution in [2.75, 3.05) is 0 Å². The van der Waals surface area contributed by atoms with Gasteiger partial charge in [-0.25, -0.2) is 0 Å². The molecule has 1 aromatic heterocycles. The molecule has 0 N–H and O–H groups in total. The van der Waals surface area contributed by atoms with Gasteiger partial charge in [-0.2, -0.15) is 0 Å². The van der Waals surface area contributed by atoms with E-state index in [0.29, 0.717) is 0 Å². The number of benzene rings is 9. The van der Waals surface area contributed by atoms with Crippen molar-refractivity contribution < 1.29 is 4.42 Å². The molecule has 1 heterocycles. The van der Waals surface area contributed by atoms with Crippen LogP contribution in [0.25, 0.3) is 99.3 Å². The van der Waals surface area contributed by atoms with Crippen LogP contribution in [0, 0.1) is 0 Å². The molecule has 1 aliphatic rings. The Morgan fingerprint density at radius 3 is 1.86 bits per heavy atom. The van der Waals surface area contributed by atoms with E-state index in [1.54, 1.807) is 0 Å². The SMILES string of the molecule is CCc1cc(-c2c3ccccc3c(-c3ccccc3)c3ccccc23)ccc1/C=C(\C)c1ccc2c(c1)C(C)(C)c1ccc3ccc4oc5ccccc5c4c3c1-2. The van der Waals surface area contributed by atoms with E-state index in [1.807, 2.05) is 0 Å². The van der Waals surface area contributed by atoms with Gasteiger partial charge in [0.2, 0.25) is 0 Å². The van der Waals surface area contributed by atoms with Gasteiger partial charge in [0.15, 0.2) is 0 Å². The van der Waals surface area contributed by atoms with E-state index in [4.69, 9.17) is 4.42 Å². The number of hydrogen-bond acceptors (Lipinski definition) is 1. The molecule has 0 radical (unpaired) electrons. The molecule has 10 aromatic rings. The molecule has 0 atom stereocenters. The molecule has 272 valence electrons. The number of furan rings is 1. The molecule has 9 aromatic carbocycles. The standard InChI is InChI=1S/C56H42O/c1-5-35-32-40(52-43-19-11-9-17-41(43)51(36-15-7-6-8-16-36)42-18-10-12-20-44(42)52)24-23-39(35)31-34(2)38-25-28-45-48(33-38)56(3,4)47-29-26-37-27-30-50-55(53(37)54(45)47)46-21-13-14-22-49(46)57-50/h6-33H,5H2,1-4H3/b34-31+. The lowest BCUT2D eigenvalue weighted by Crippen LogP contribution is -2.15. The molecule has 1 aliphatic carbocycles. The largest absolute Gasteiger partial charge is 0.456 e. The van der Waals surface area contributed by atoms with Gasteiger partial charge in [-0.15, -0.1) is 0 Å². The first-order valence-corrected chi connectivity index (χ1v) is 20.2. The second kappa shape index (κ2) is 12.7. The summed E-state index contributed by atoms with van der Waals surface area (Å²) in [7, 11) is 0. The Bertz CT molecular complexity index is 3240. The lowest BCUT2D eigenvalue weighted by atomic mass is 9.81. The van der Waals surface area contributed by atoms with Gasteiger partial charge < -0.3 is 4.42 Å². The van der Waals surface area contributed by atoms with Crippen LogP contribution in [0.5, 0.6) is 0 Å². The molecule has 1 nitrogen and oxygen atoms in total. The van der Waals surface area contributed by atoms with Crippen LogP contribution in [-0.4, -0.2) is 0 Å². The van der Waals surface area contributed by atoms with Crippen molar-refractivity contribution in [3.63, 3.8) is 0 Å². The van der Waals surface area contributed by atoms with Gasteiger partial charge in [-0.1, -0.05) is 172 Å². The Kier molecular flexibility index (Phi) is 7.47. The minimum atomic E-state index is -0.144. The van der Waals surface area contributed by atoms with Crippen molar-refractivity contribution in [2.24, 2.45) is 0 Å². The van der Waals surface area contributed by atoms with Crippen LogP contribution in [0.2, 0.25) is 0 Å². The average molecular weight is 731 g/mol. The van der Waals surface area contributed by atoms with Crippen molar-refractivity contribution in [2.45, 2.75) is 39.5 Å². The molecule has 11 rings (SSSR count). The maximum atomic E-state index is 6.37. The summed E-state index contributed by atoms with van der Waals surface area (Å²) in [5.41, 5.74) is 17.4. The number of allylic oxidation sites excluding steroid dienone is 1. The summed E-state index contributed by atoms with van der Waals surface area (Å²) in [5, 5.41) is 10.1. The summed E-state index contributed by atoms with van der Waals surface area (Å²) < 4.78 is 6.37. The Labute approximate surface area is 333 Å². The van der Waals surface area contributed by atoms with E-state index in [0.717, 1.165) is 17.6 Å². The minimum Gasteiger partial charge on any atom is -0.456 e. The molecule has 57 heavy (non-hydrogen) atoms. The summed E-state index contributed by atoms with van der Waals surface area (Å²) in [6, 6.07) is 60.4. The Balaban J connectivity index is 1.03. The molecule has 1 heteroatoms. The minimum absolute atomic E-state index is 0.144. The summed E-state index contributed by atoms with van der Waals surface area (Å²) in [6.07, 6.45) is 3.34. The monoisotopic (exact) mass is 730 g/mol. The first-order chi connectivity index (χ1) is 27.9. The Morgan fingerprint density at radius 2 is 1.16 bits per heavy atom. The van der Waals surface area contributed by atoms with Crippen molar-refractivity contribution in [1.82, 2.24) is 0 Å². The zero-order chi connectivity index (χ0) is 38.4. The van der Waals surface area contributed by atoms with E-state index in [2.05, 4.69) is 198 Å². The molecule has 0 unspecified atom stereocenters. The van der Waals surface area contributed by atoms with Crippen LogP contribution in [0.15, 0.2) is 168 Å². The van der Waals surface area contributed by atoms with E-state index >= 15 is 0 Å². The molecule has 0 spiro atoms. The highest BCUT2D eigenvalue weighted by molar-refractivity contribution is 6.24. The predicted molar refractivity (Wildman–Crippen MR) is 244 cm³/mol. The first kappa shape index (κ1) is 33.6. The van der Waals surface area contributed by atoms with Crippen LogP contribution >= 0.6 is 0 Å². The third kappa shape index (κ3) is 5.02. The first-order valence-electron chi connectivity index (χ1n) is 20.2. The van der Waals surface area contributed by atoms with Crippen molar-refractivity contribution in [3.8, 4) is 33.4 Å². The van der Waals surface area contributed by atoms with Gasteiger partial charge in [0.1, 0.15) is 11.2 Å². The van der Waals surface area contributed by atoms with E-state index in [-0.39, 0.29) is 5.41 Å². The second-order valence-electron chi connectivity index (χ2n) is 16.3. The molecule has 0 bridgehead atoms. The second-order valence-corrected chi connectivity index (χ2v) is 16.3. The van der Waals surface area contributed by atoms with Gasteiger partial charge in [0.25, 0.3) is 0 Å². The molecule has 0 saturated carbocycles. The maximum Gasteiger partial charge on any atom is 0.136 e. The van der Waals surface area contributed by atoms with Crippen LogP contribution in [-0.2, 0) is 11.8 Å². The van der Waals surface area contributed by atoms with Gasteiger partial charge in [0, 0.05) is 21.6 Å². The number of rotatable bonds is 5. The zero-order valence-corrected chi connectivity index (χ0v) is 32.8. The molecule has 0 saturated heterocycles. The fraction of sp³-hybridized carbons (Fsp3) is 0.107. The Morgan fingerprint density at radius 1 is 0.526 bits per heavy atom. The number of hydrogen-bond donors (Lipinski definition) is 0. The molecule has 0 aliphatic heterocycles. The van der Waals surface area contributed by atoms with Gasteiger partial charge >= 0.3 is 0 Å². The smallest absolute Gasteiger partial charge is 0.136 e. The quantitative estimate of drug-likeness (QED) is 0.127. The molecule has 0 fully saturated rings. The van der Waals surface area contributed by atoms with Crippen molar-refractivity contribution in [1.29, 1.82) is 0 Å². The lowest BCUT2D eigenvalue weighted by molar-refractivity contribution is 0.660. The normalized spacial score (nSPS) is 13.6. The van der Waals surface area contributed by atoms with E-state index in [1.165, 1.54) is 110 Å². The molecular weight excluding hydrogens is 689 g/mol. The van der Waals surface area contributed by atoms with Crippen LogP contribution in [0.1, 0.15) is 55.5 Å². The summed E-state index contributed by atoms with van der Waals surface area (Å²) in [6.45, 7) is 9.31. The summed E-state index contributed by atoms with van der Waals surface area (Å²) in [4.78, 5) is 0. The van der Waals surface area contributed by atoms with Crippen LogP contribution < -0.4 is 0 Å². The maximum absolute atomic E-state index is 6.37. The Hall–Kier alpha value is -6.70. The van der Waals surface area contributed by atoms with Crippen LogP contribution in [0.4, 0.5) is 0 Å². The predicted octanol–water partition coefficient (Wildman–Crippen LogP) is 15.8. The third-order valence-electron chi connectivity index (χ3n) is 12.8. The highest BCUT2D eigenvalue weighted by atomic mass is 16.3. The molecule has 0 amide bonds. The topological polar surface area (TPSA) is 13.1 Å². The summed E-state index contributed by atoms with van der Waals surface area (Å²) in [5.74, 6) is 0. The molecular formula is C56H42O. The van der Waals surface area contributed by atoms with Gasteiger partial charge in [-0.3, -0.25) is 0 Å². The van der Waals surface area contributed by atoms with Crippen LogP contribution in [0.3, 0.4) is 0 Å². The number of aryl methyl sites for hydroxylation is 1.